The molecule has 0 spiro atoms. The molecule has 36 heavy (non-hydrogen) atoms. The van der Waals surface area contributed by atoms with Crippen LogP contribution in [0.5, 0.6) is 5.88 Å². The van der Waals surface area contributed by atoms with Gasteiger partial charge in [-0.15, -0.1) is 26.6 Å². The zero-order valence-electron chi connectivity index (χ0n) is 18.5. The first-order valence-electron chi connectivity index (χ1n) is 10.8. The van der Waals surface area contributed by atoms with Crippen molar-refractivity contribution in [3.63, 3.8) is 0 Å². The zero-order valence-corrected chi connectivity index (χ0v) is 19.4. The average molecular weight is 531 g/mol. The number of ether oxygens (including phenoxy) is 1. The minimum atomic E-state index is -3.06. The van der Waals surface area contributed by atoms with E-state index in [0.29, 0.717) is 24.2 Å². The number of fused-ring (bicyclic) bond motifs is 1. The molecule has 1 saturated carbocycles. The Morgan fingerprint density at radius 3 is 2.81 bits per heavy atom. The number of nitrogens with zero attached hydrogens (tertiary/aromatic N) is 5. The molecule has 2 atom stereocenters. The highest BCUT2D eigenvalue weighted by Crippen LogP contribution is 2.50. The number of carbonyl (C=O) groups excluding carboxylic acids is 1. The molecule has 0 aliphatic heterocycles. The van der Waals surface area contributed by atoms with E-state index in [0.717, 1.165) is 16.2 Å². The van der Waals surface area contributed by atoms with Crippen LogP contribution < -0.4 is 15.4 Å². The monoisotopic (exact) mass is 531 g/mol. The first kappa shape index (κ1) is 24.0. The molecule has 2 aliphatic carbocycles. The highest BCUT2D eigenvalue weighted by Gasteiger charge is 2.61. The summed E-state index contributed by atoms with van der Waals surface area (Å²) in [4.78, 5) is 25.0. The summed E-state index contributed by atoms with van der Waals surface area (Å²) in [6, 6.07) is 0.994. The smallest absolute Gasteiger partial charge is 0.388 e. The third kappa shape index (κ3) is 4.47. The normalized spacial score (nSPS) is 20.2. The lowest BCUT2D eigenvalue weighted by molar-refractivity contribution is -0.119. The maximum Gasteiger partial charge on any atom is 0.388 e. The molecule has 3 aromatic rings. The second-order valence-corrected chi connectivity index (χ2v) is 9.58. The second-order valence-electron chi connectivity index (χ2n) is 8.47. The Kier molecular flexibility index (Phi) is 5.84. The first-order chi connectivity index (χ1) is 17.0. The molecule has 1 fully saturated rings. The van der Waals surface area contributed by atoms with Gasteiger partial charge in [0.2, 0.25) is 17.7 Å². The Labute approximate surface area is 205 Å². The summed E-state index contributed by atoms with van der Waals surface area (Å²) in [6.45, 7) is -3.03. The van der Waals surface area contributed by atoms with Gasteiger partial charge in [-0.1, -0.05) is 0 Å². The van der Waals surface area contributed by atoms with Crippen LogP contribution in [-0.2, 0) is 24.7 Å². The van der Waals surface area contributed by atoms with Crippen molar-refractivity contribution < 1.29 is 38.4 Å². The van der Waals surface area contributed by atoms with E-state index in [-0.39, 0.29) is 36.3 Å². The molecule has 0 unspecified atom stereocenters. The fraction of sp³-hybridized carbons (Fsp3) is 0.450. The number of thiophene rings is 1. The van der Waals surface area contributed by atoms with Crippen LogP contribution in [0.25, 0.3) is 0 Å². The molecule has 194 valence electrons. The molecule has 3 heterocycles. The lowest BCUT2D eigenvalue weighted by atomic mass is 9.91. The minimum absolute atomic E-state index is 0. The van der Waals surface area contributed by atoms with Crippen molar-refractivity contribution in [2.45, 2.75) is 44.3 Å². The Morgan fingerprint density at radius 2 is 2.14 bits per heavy atom. The van der Waals surface area contributed by atoms with Gasteiger partial charge >= 0.3 is 12.6 Å². The molecule has 0 bridgehead atoms. The van der Waals surface area contributed by atoms with E-state index in [2.05, 4.69) is 30.7 Å². The van der Waals surface area contributed by atoms with Crippen molar-refractivity contribution >= 4 is 40.0 Å². The molecule has 5 rings (SSSR count). The molecule has 0 radical (unpaired) electrons. The number of anilines is 3. The number of nitrogens with one attached hydrogen (secondary N) is 2. The number of amides is 1. The summed E-state index contributed by atoms with van der Waals surface area (Å²) in [5, 5.41) is 27.0. The van der Waals surface area contributed by atoms with Gasteiger partial charge in [-0.3, -0.25) is 9.36 Å². The largest absolute Gasteiger partial charge is 0.478 e. The van der Waals surface area contributed by atoms with Crippen LogP contribution in [0.2, 0.25) is 0 Å². The first-order valence-corrected chi connectivity index (χ1v) is 11.6. The maximum atomic E-state index is 13.3. The van der Waals surface area contributed by atoms with Gasteiger partial charge in [0.05, 0.1) is 5.56 Å². The van der Waals surface area contributed by atoms with E-state index in [1.165, 1.54) is 24.1 Å². The lowest BCUT2D eigenvalue weighted by Gasteiger charge is -2.25. The molecule has 0 aromatic carbocycles. The van der Waals surface area contributed by atoms with Gasteiger partial charge in [0.15, 0.2) is 0 Å². The third-order valence-corrected chi connectivity index (χ3v) is 7.31. The van der Waals surface area contributed by atoms with Crippen molar-refractivity contribution in [1.29, 1.82) is 0 Å². The van der Waals surface area contributed by atoms with Gasteiger partial charge in [-0.2, -0.15) is 8.78 Å². The number of rotatable bonds is 8. The quantitative estimate of drug-likeness (QED) is 0.375. The third-order valence-electron chi connectivity index (χ3n) is 6.10. The molecule has 0 saturated heterocycles. The number of aromatic nitrogens is 5. The summed E-state index contributed by atoms with van der Waals surface area (Å²) in [5.74, 6) is -6.38. The molecular formula is C20H21F4N7O4S. The number of hydrogen-bond acceptors (Lipinski definition) is 8. The summed E-state index contributed by atoms with van der Waals surface area (Å²) >= 11 is 1.08. The topological polar surface area (TPSA) is 136 Å². The van der Waals surface area contributed by atoms with Gasteiger partial charge in [0, 0.05) is 31.9 Å². The summed E-state index contributed by atoms with van der Waals surface area (Å²) in [5.41, 5.74) is 0.398. The number of aryl methyl sites for hydroxylation is 2. The Bertz CT molecular complexity index is 1340. The standard InChI is InChI=1S/C20H19F4N7O4S.H2/c1-30-12(5-13(29-30)35-18(21)22)26-19-28-25-7-31(19)8-2-3-11-9(4-8)14(17(33)34)16(36-11)27-15(32)10-6-20(10,23)24;/h5,7-8,10,18H,2-4,6H2,1H3,(H,26,28)(H,27,32)(H,33,34);1H/t8-,10+;/m0./s1. The lowest BCUT2D eigenvalue weighted by Crippen LogP contribution is -2.21. The number of halogens is 4. The van der Waals surface area contributed by atoms with Crippen molar-refractivity contribution in [2.24, 2.45) is 13.0 Å². The Morgan fingerprint density at radius 1 is 1.39 bits per heavy atom. The fourth-order valence-corrected chi connectivity index (χ4v) is 5.47. The number of aromatic carboxylic acids is 1. The van der Waals surface area contributed by atoms with E-state index < -0.39 is 36.7 Å². The number of hydrogen-bond donors (Lipinski definition) is 3. The van der Waals surface area contributed by atoms with Gasteiger partial charge in [-0.25, -0.2) is 18.3 Å². The van der Waals surface area contributed by atoms with E-state index >= 15 is 0 Å². The number of alkyl halides is 4. The van der Waals surface area contributed by atoms with Crippen LogP contribution in [-0.4, -0.2) is 54.1 Å². The summed E-state index contributed by atoms with van der Waals surface area (Å²) in [7, 11) is 1.52. The second kappa shape index (κ2) is 8.76. The molecule has 3 aromatic heterocycles. The average Bonchev–Trinajstić information content (AvgIpc) is 3.15. The SMILES string of the molecule is Cn1nc(OC(F)F)cc1Nc1nncn1[C@H]1CCc2sc(NC(=O)[C@H]3CC3(F)F)c(C(=O)O)c2C1.[HH]. The minimum Gasteiger partial charge on any atom is -0.478 e. The maximum absolute atomic E-state index is 13.3. The number of carboxylic acids is 1. The predicted molar refractivity (Wildman–Crippen MR) is 119 cm³/mol. The van der Waals surface area contributed by atoms with Crippen molar-refractivity contribution in [1.82, 2.24) is 24.5 Å². The highest BCUT2D eigenvalue weighted by atomic mass is 32.1. The molecular weight excluding hydrogens is 510 g/mol. The van der Waals surface area contributed by atoms with E-state index in [1.54, 1.807) is 4.57 Å². The van der Waals surface area contributed by atoms with Gasteiger partial charge in [0.25, 0.3) is 5.92 Å². The van der Waals surface area contributed by atoms with Crippen LogP contribution in [0.3, 0.4) is 0 Å². The van der Waals surface area contributed by atoms with Crippen molar-refractivity contribution in [2.75, 3.05) is 10.6 Å². The molecule has 1 amide bonds. The Balaban J connectivity index is 0.00000320. The van der Waals surface area contributed by atoms with Crippen molar-refractivity contribution in [3.8, 4) is 5.88 Å². The predicted octanol–water partition coefficient (Wildman–Crippen LogP) is 3.69. The van der Waals surface area contributed by atoms with Gasteiger partial charge < -0.3 is 20.5 Å². The molecule has 16 heteroatoms. The molecule has 11 nitrogen and oxygen atoms in total. The van der Waals surface area contributed by atoms with Crippen molar-refractivity contribution in [3.05, 3.63) is 28.4 Å². The van der Waals surface area contributed by atoms with Crippen LogP contribution in [0, 0.1) is 5.92 Å². The highest BCUT2D eigenvalue weighted by molar-refractivity contribution is 7.17. The van der Waals surface area contributed by atoms with E-state index in [9.17, 15) is 32.3 Å². The molecule has 3 N–H and O–H groups in total. The summed E-state index contributed by atoms with van der Waals surface area (Å²) < 4.78 is 58.8. The van der Waals surface area contributed by atoms with Crippen LogP contribution in [0.15, 0.2) is 12.4 Å². The van der Waals surface area contributed by atoms with E-state index in [1.807, 2.05) is 0 Å². The number of carboxylic acid groups (broad SMARTS) is 1. The van der Waals surface area contributed by atoms with Gasteiger partial charge in [0.1, 0.15) is 23.1 Å². The Hall–Kier alpha value is -3.69. The zero-order chi connectivity index (χ0) is 25.8. The van der Waals surface area contributed by atoms with Gasteiger partial charge in [-0.05, 0) is 24.8 Å². The number of carbonyl (C=O) groups is 2. The fourth-order valence-electron chi connectivity index (χ4n) is 4.23. The van der Waals surface area contributed by atoms with Crippen LogP contribution in [0.4, 0.5) is 34.3 Å². The summed E-state index contributed by atoms with van der Waals surface area (Å²) in [6.07, 6.45) is 2.23. The van der Waals surface area contributed by atoms with E-state index in [4.69, 9.17) is 0 Å². The molecule has 2 aliphatic rings. The van der Waals surface area contributed by atoms with Crippen LogP contribution in [0.1, 0.15) is 41.1 Å². The van der Waals surface area contributed by atoms with Crippen LogP contribution >= 0.6 is 11.3 Å².